The molecule has 1 aromatic carbocycles. The van der Waals surface area contributed by atoms with Gasteiger partial charge in [0.2, 0.25) is 0 Å². The summed E-state index contributed by atoms with van der Waals surface area (Å²) < 4.78 is 2.52. The average molecular weight is 401 g/mol. The lowest BCUT2D eigenvalue weighted by Gasteiger charge is -2.36. The summed E-state index contributed by atoms with van der Waals surface area (Å²) >= 11 is 0. The Balaban J connectivity index is 1.60. The van der Waals surface area contributed by atoms with Crippen molar-refractivity contribution in [1.29, 1.82) is 0 Å². The molecule has 0 amide bonds. The van der Waals surface area contributed by atoms with E-state index in [9.17, 15) is 24.5 Å². The number of carbonyl (C=O) groups is 1. The lowest BCUT2D eigenvalue weighted by Crippen LogP contribution is -2.49. The Morgan fingerprint density at radius 1 is 1.07 bits per heavy atom. The van der Waals surface area contributed by atoms with Gasteiger partial charge in [-0.15, -0.1) is 0 Å². The highest BCUT2D eigenvalue weighted by Gasteiger charge is 2.23. The third-order valence-electron chi connectivity index (χ3n) is 5.25. The molecule has 1 aliphatic heterocycles. The van der Waals surface area contributed by atoms with Gasteiger partial charge in [0.15, 0.2) is 5.78 Å². The van der Waals surface area contributed by atoms with Gasteiger partial charge in [0.05, 0.1) is 10.5 Å². The largest absolute Gasteiger partial charge is 0.355 e. The number of hydrogen-bond acceptors (Lipinski definition) is 7. The summed E-state index contributed by atoms with van der Waals surface area (Å²) in [5.74, 6) is 0.322. The summed E-state index contributed by atoms with van der Waals surface area (Å²) in [5, 5.41) is 11.1. The van der Waals surface area contributed by atoms with E-state index in [0.717, 1.165) is 4.57 Å². The number of benzene rings is 1. The van der Waals surface area contributed by atoms with Crippen LogP contribution in [0.2, 0.25) is 0 Å². The van der Waals surface area contributed by atoms with Crippen LogP contribution < -0.4 is 16.1 Å². The molecule has 2 heterocycles. The smallest absolute Gasteiger partial charge is 0.332 e. The quantitative estimate of drug-likeness (QED) is 0.391. The number of nitro benzene ring substituents is 1. The summed E-state index contributed by atoms with van der Waals surface area (Å²) in [7, 11) is 3.08. The monoisotopic (exact) mass is 401 g/mol. The van der Waals surface area contributed by atoms with Crippen molar-refractivity contribution in [2.75, 3.05) is 37.6 Å². The molecule has 0 bridgehead atoms. The van der Waals surface area contributed by atoms with Gasteiger partial charge in [0.1, 0.15) is 5.82 Å². The second-order valence-electron chi connectivity index (χ2n) is 7.02. The highest BCUT2D eigenvalue weighted by atomic mass is 16.6. The van der Waals surface area contributed by atoms with E-state index in [2.05, 4.69) is 4.90 Å². The van der Waals surface area contributed by atoms with Crippen molar-refractivity contribution in [3.05, 3.63) is 66.8 Å². The first-order chi connectivity index (χ1) is 13.8. The lowest BCUT2D eigenvalue weighted by atomic mass is 10.1. The number of aromatic nitrogens is 2. The minimum Gasteiger partial charge on any atom is -0.355 e. The van der Waals surface area contributed by atoms with Crippen molar-refractivity contribution in [3.63, 3.8) is 0 Å². The van der Waals surface area contributed by atoms with Crippen LogP contribution in [0.1, 0.15) is 16.8 Å². The summed E-state index contributed by atoms with van der Waals surface area (Å²) in [6.07, 6.45) is 0.190. The Kier molecular flexibility index (Phi) is 5.92. The van der Waals surface area contributed by atoms with Crippen LogP contribution in [-0.4, -0.2) is 57.5 Å². The Bertz CT molecular complexity index is 1050. The van der Waals surface area contributed by atoms with Gasteiger partial charge in [-0.1, -0.05) is 12.1 Å². The van der Waals surface area contributed by atoms with Gasteiger partial charge < -0.3 is 4.90 Å². The van der Waals surface area contributed by atoms with E-state index in [4.69, 9.17) is 0 Å². The number of nitro groups is 1. The number of nitrogens with zero attached hydrogens (tertiary/aromatic N) is 5. The topological polar surface area (TPSA) is 111 Å². The van der Waals surface area contributed by atoms with E-state index >= 15 is 0 Å². The normalized spacial score (nSPS) is 14.8. The van der Waals surface area contributed by atoms with Crippen molar-refractivity contribution >= 4 is 17.3 Å². The van der Waals surface area contributed by atoms with Crippen LogP contribution in [0.4, 0.5) is 11.5 Å². The molecule has 2 aromatic rings. The summed E-state index contributed by atoms with van der Waals surface area (Å²) in [6, 6.07) is 7.43. The molecule has 3 rings (SSSR count). The second kappa shape index (κ2) is 8.39. The first-order valence-electron chi connectivity index (χ1n) is 9.30. The first kappa shape index (κ1) is 20.5. The molecule has 1 fully saturated rings. The zero-order valence-electron chi connectivity index (χ0n) is 16.4. The van der Waals surface area contributed by atoms with Crippen molar-refractivity contribution in [2.45, 2.75) is 6.42 Å². The minimum absolute atomic E-state index is 0.131. The third-order valence-corrected chi connectivity index (χ3v) is 5.25. The molecule has 10 heteroatoms. The minimum atomic E-state index is -0.541. The van der Waals surface area contributed by atoms with Crippen LogP contribution in [0.25, 0.3) is 0 Å². The molecule has 0 aliphatic carbocycles. The Morgan fingerprint density at radius 2 is 1.72 bits per heavy atom. The van der Waals surface area contributed by atoms with Crippen LogP contribution in [0.3, 0.4) is 0 Å². The number of ketones is 1. The number of hydrogen-bond donors (Lipinski definition) is 0. The Labute approximate surface area is 166 Å². The first-order valence-corrected chi connectivity index (χ1v) is 9.30. The lowest BCUT2D eigenvalue weighted by molar-refractivity contribution is -0.385. The molecule has 0 atom stereocenters. The van der Waals surface area contributed by atoms with E-state index in [0.29, 0.717) is 38.5 Å². The van der Waals surface area contributed by atoms with Gasteiger partial charge in [0, 0.05) is 65.4 Å². The molecule has 0 saturated carbocycles. The van der Waals surface area contributed by atoms with E-state index in [1.807, 2.05) is 4.90 Å². The summed E-state index contributed by atoms with van der Waals surface area (Å²) in [6.45, 7) is 3.04. The maximum atomic E-state index is 12.4. The fraction of sp³-hybridized carbons (Fsp3) is 0.421. The van der Waals surface area contributed by atoms with Crippen LogP contribution in [0.5, 0.6) is 0 Å². The third kappa shape index (κ3) is 4.27. The van der Waals surface area contributed by atoms with Gasteiger partial charge in [-0.2, -0.15) is 0 Å². The number of carbonyl (C=O) groups excluding carboxylic acids is 1. The average Bonchev–Trinajstić information content (AvgIpc) is 2.73. The molecule has 1 aliphatic rings. The van der Waals surface area contributed by atoms with Gasteiger partial charge in [0.25, 0.3) is 11.2 Å². The molecular formula is C19H23N5O5. The second-order valence-corrected chi connectivity index (χ2v) is 7.02. The van der Waals surface area contributed by atoms with Crippen LogP contribution in [0.15, 0.2) is 39.9 Å². The number of para-hydroxylation sites is 1. The van der Waals surface area contributed by atoms with E-state index in [1.54, 1.807) is 19.2 Å². The zero-order valence-corrected chi connectivity index (χ0v) is 16.4. The molecule has 10 nitrogen and oxygen atoms in total. The van der Waals surface area contributed by atoms with Gasteiger partial charge in [-0.25, -0.2) is 4.79 Å². The molecule has 1 aromatic heterocycles. The van der Waals surface area contributed by atoms with Crippen LogP contribution in [0, 0.1) is 10.1 Å². The molecule has 0 spiro atoms. The Morgan fingerprint density at radius 3 is 2.38 bits per heavy atom. The number of piperazine rings is 1. The van der Waals surface area contributed by atoms with Gasteiger partial charge in [-0.3, -0.25) is 33.7 Å². The van der Waals surface area contributed by atoms with E-state index in [1.165, 1.54) is 29.8 Å². The molecular weight excluding hydrogens is 378 g/mol. The van der Waals surface area contributed by atoms with Crippen LogP contribution >= 0.6 is 0 Å². The van der Waals surface area contributed by atoms with Crippen LogP contribution in [-0.2, 0) is 14.1 Å². The molecule has 29 heavy (non-hydrogen) atoms. The SMILES string of the molecule is Cn1c(N2CCN(CCC(=O)c3ccccc3[N+](=O)[O-])CC2)cc(=O)n(C)c1=O. The Hall–Kier alpha value is -3.27. The highest BCUT2D eigenvalue weighted by molar-refractivity contribution is 5.99. The highest BCUT2D eigenvalue weighted by Crippen LogP contribution is 2.20. The molecule has 0 unspecified atom stereocenters. The predicted octanol–water partition coefficient (Wildman–Crippen LogP) is 0.387. The van der Waals surface area contributed by atoms with Crippen molar-refractivity contribution in [1.82, 2.24) is 14.0 Å². The van der Waals surface area contributed by atoms with Gasteiger partial charge >= 0.3 is 5.69 Å². The summed E-state index contributed by atoms with van der Waals surface area (Å²) in [5.41, 5.74) is -0.759. The standard InChI is InChI=1S/C19H23N5O5/c1-20-17(13-18(26)21(2)19(20)27)23-11-9-22(10-12-23)8-7-16(25)14-5-3-4-6-15(14)24(28)29/h3-6,13H,7-12H2,1-2H3. The fourth-order valence-corrected chi connectivity index (χ4v) is 3.49. The summed E-state index contributed by atoms with van der Waals surface area (Å²) in [4.78, 5) is 51.1. The number of Topliss-reactive ketones (excluding diaryl/α,β-unsaturated/α-hetero) is 1. The van der Waals surface area contributed by atoms with Crippen molar-refractivity contribution < 1.29 is 9.72 Å². The van der Waals surface area contributed by atoms with E-state index in [-0.39, 0.29) is 34.7 Å². The number of rotatable bonds is 6. The maximum absolute atomic E-state index is 12.4. The predicted molar refractivity (Wildman–Crippen MR) is 108 cm³/mol. The van der Waals surface area contributed by atoms with E-state index < -0.39 is 4.92 Å². The maximum Gasteiger partial charge on any atom is 0.332 e. The molecule has 154 valence electrons. The fourth-order valence-electron chi connectivity index (χ4n) is 3.49. The molecule has 0 N–H and O–H groups in total. The van der Waals surface area contributed by atoms with Crippen molar-refractivity contribution in [2.24, 2.45) is 14.1 Å². The zero-order chi connectivity index (χ0) is 21.1. The molecule has 0 radical (unpaired) electrons. The number of anilines is 1. The van der Waals surface area contributed by atoms with Crippen molar-refractivity contribution in [3.8, 4) is 0 Å². The van der Waals surface area contributed by atoms with Gasteiger partial charge in [-0.05, 0) is 6.07 Å². The molecule has 1 saturated heterocycles.